The maximum absolute atomic E-state index is 3.63. The van der Waals surface area contributed by atoms with E-state index in [4.69, 9.17) is 0 Å². The fraction of sp³-hybridized carbons (Fsp3) is 0.308. The van der Waals surface area contributed by atoms with Crippen molar-refractivity contribution in [3.63, 3.8) is 0 Å². The molecule has 0 aliphatic rings. The van der Waals surface area contributed by atoms with Gasteiger partial charge in [-0.3, -0.25) is 0 Å². The first-order valence-corrected chi connectivity index (χ1v) is 11.4. The summed E-state index contributed by atoms with van der Waals surface area (Å²) in [6.07, 6.45) is 0. The summed E-state index contributed by atoms with van der Waals surface area (Å²) in [4.78, 5) is 0. The lowest BCUT2D eigenvalue weighted by Crippen LogP contribution is -2.16. The Morgan fingerprint density at radius 1 is 0.607 bits per heavy atom. The molecule has 0 fully saturated rings. The van der Waals surface area contributed by atoms with Gasteiger partial charge in [0.1, 0.15) is 0 Å². The van der Waals surface area contributed by atoms with Crippen LogP contribution in [0.2, 0.25) is 0 Å². The van der Waals surface area contributed by atoms with Crippen molar-refractivity contribution < 1.29 is 0 Å². The van der Waals surface area contributed by atoms with E-state index in [-0.39, 0.29) is 10.8 Å². The van der Waals surface area contributed by atoms with Gasteiger partial charge in [0.15, 0.2) is 0 Å². The van der Waals surface area contributed by atoms with Crippen LogP contribution in [0.3, 0.4) is 0 Å². The lowest BCUT2D eigenvalue weighted by atomic mass is 9.79. The van der Waals surface area contributed by atoms with Crippen LogP contribution >= 0.6 is 27.3 Å². The largest absolute Gasteiger partial charge is 0.135 e. The highest BCUT2D eigenvalue weighted by atomic mass is 79.9. The minimum atomic E-state index is 0.125. The van der Waals surface area contributed by atoms with Gasteiger partial charge in [0.2, 0.25) is 0 Å². The van der Waals surface area contributed by atoms with Gasteiger partial charge in [-0.1, -0.05) is 81.7 Å². The molecule has 0 aliphatic heterocycles. The van der Waals surface area contributed by atoms with E-state index < -0.39 is 0 Å². The molecule has 0 N–H and O–H groups in total. The van der Waals surface area contributed by atoms with E-state index in [0.29, 0.717) is 0 Å². The van der Waals surface area contributed by atoms with Gasteiger partial charge in [0.25, 0.3) is 0 Å². The Labute approximate surface area is 180 Å². The standard InChI is InChI=1S/C26H27BrS/c1-25(2,3)18-11-17(12-19(14-18)26(4,5)6)16-7-9-23-21(13-16)22-15-20(27)8-10-24(22)28-23/h7-15H,1-6H3. The fourth-order valence-corrected chi connectivity index (χ4v) is 5.02. The van der Waals surface area contributed by atoms with Crippen LogP contribution in [0.4, 0.5) is 0 Å². The van der Waals surface area contributed by atoms with E-state index in [1.54, 1.807) is 0 Å². The Bertz CT molecular complexity index is 1150. The molecule has 0 radical (unpaired) electrons. The monoisotopic (exact) mass is 450 g/mol. The molecule has 0 spiro atoms. The van der Waals surface area contributed by atoms with Crippen molar-refractivity contribution in [2.24, 2.45) is 0 Å². The first-order valence-electron chi connectivity index (χ1n) is 9.81. The third-order valence-corrected chi connectivity index (χ3v) is 7.07. The lowest BCUT2D eigenvalue weighted by Gasteiger charge is -2.26. The molecular formula is C26H27BrS. The van der Waals surface area contributed by atoms with Gasteiger partial charge >= 0.3 is 0 Å². The Morgan fingerprint density at radius 3 is 1.71 bits per heavy atom. The van der Waals surface area contributed by atoms with Crippen molar-refractivity contribution in [2.45, 2.75) is 52.4 Å². The molecule has 1 aromatic heterocycles. The molecule has 3 aromatic carbocycles. The summed E-state index contributed by atoms with van der Waals surface area (Å²) in [6.45, 7) is 13.8. The zero-order valence-electron chi connectivity index (χ0n) is 17.5. The quantitative estimate of drug-likeness (QED) is 0.271. The predicted octanol–water partition coefficient (Wildman–Crippen LogP) is 9.08. The molecular weight excluding hydrogens is 424 g/mol. The number of rotatable bonds is 1. The van der Waals surface area contributed by atoms with Crippen LogP contribution < -0.4 is 0 Å². The average Bonchev–Trinajstić information content (AvgIpc) is 2.97. The van der Waals surface area contributed by atoms with Crippen molar-refractivity contribution >= 4 is 47.4 Å². The van der Waals surface area contributed by atoms with Gasteiger partial charge in [-0.25, -0.2) is 0 Å². The number of thiophene rings is 1. The Balaban J connectivity index is 1.96. The van der Waals surface area contributed by atoms with E-state index in [2.05, 4.69) is 112 Å². The normalized spacial score (nSPS) is 12.8. The lowest BCUT2D eigenvalue weighted by molar-refractivity contribution is 0.569. The number of benzene rings is 3. The van der Waals surface area contributed by atoms with Crippen LogP contribution in [0.25, 0.3) is 31.3 Å². The molecule has 0 aliphatic carbocycles. The summed E-state index contributed by atoms with van der Waals surface area (Å²) in [5, 5.41) is 2.68. The number of hydrogen-bond donors (Lipinski definition) is 0. The van der Waals surface area contributed by atoms with Crippen molar-refractivity contribution in [3.8, 4) is 11.1 Å². The maximum atomic E-state index is 3.63. The molecule has 4 rings (SSSR count). The molecule has 0 atom stereocenters. The van der Waals surface area contributed by atoms with Gasteiger partial charge in [-0.2, -0.15) is 0 Å². The average molecular weight is 451 g/mol. The van der Waals surface area contributed by atoms with E-state index in [0.717, 1.165) is 4.47 Å². The minimum absolute atomic E-state index is 0.125. The molecule has 0 saturated heterocycles. The summed E-state index contributed by atoms with van der Waals surface area (Å²) in [5.41, 5.74) is 5.65. The summed E-state index contributed by atoms with van der Waals surface area (Å²) in [7, 11) is 0. The van der Waals surface area contributed by atoms with Crippen LogP contribution in [0.1, 0.15) is 52.7 Å². The molecule has 1 heterocycles. The topological polar surface area (TPSA) is 0 Å². The van der Waals surface area contributed by atoms with Gasteiger partial charge < -0.3 is 0 Å². The van der Waals surface area contributed by atoms with Crippen LogP contribution in [0, 0.1) is 0 Å². The summed E-state index contributed by atoms with van der Waals surface area (Å²) >= 11 is 5.50. The second kappa shape index (κ2) is 6.71. The Kier molecular flexibility index (Phi) is 4.71. The first kappa shape index (κ1) is 19.7. The molecule has 28 heavy (non-hydrogen) atoms. The highest BCUT2D eigenvalue weighted by Crippen LogP contribution is 2.39. The zero-order chi connectivity index (χ0) is 20.3. The van der Waals surface area contributed by atoms with Crippen molar-refractivity contribution in [1.82, 2.24) is 0 Å². The van der Waals surface area contributed by atoms with Gasteiger partial charge in [0, 0.05) is 24.6 Å². The molecule has 0 amide bonds. The van der Waals surface area contributed by atoms with Gasteiger partial charge in [-0.05, 0) is 63.4 Å². The third-order valence-electron chi connectivity index (χ3n) is 5.43. The number of halogens is 1. The molecule has 2 heteroatoms. The van der Waals surface area contributed by atoms with Gasteiger partial charge in [-0.15, -0.1) is 11.3 Å². The van der Waals surface area contributed by atoms with E-state index in [9.17, 15) is 0 Å². The molecule has 0 bridgehead atoms. The summed E-state index contributed by atoms with van der Waals surface area (Å²) in [6, 6.07) is 20.6. The number of fused-ring (bicyclic) bond motifs is 3. The summed E-state index contributed by atoms with van der Waals surface area (Å²) < 4.78 is 3.82. The van der Waals surface area contributed by atoms with E-state index in [1.165, 1.54) is 42.4 Å². The SMILES string of the molecule is CC(C)(C)c1cc(-c2ccc3sc4ccc(Br)cc4c3c2)cc(C(C)(C)C)c1. The molecule has 0 nitrogen and oxygen atoms in total. The fourth-order valence-electron chi connectivity index (χ4n) is 3.59. The Morgan fingerprint density at radius 2 is 1.14 bits per heavy atom. The van der Waals surface area contributed by atoms with Crippen LogP contribution in [0.5, 0.6) is 0 Å². The van der Waals surface area contributed by atoms with Crippen molar-refractivity contribution in [3.05, 3.63) is 70.2 Å². The second-order valence-electron chi connectivity index (χ2n) is 9.75. The zero-order valence-corrected chi connectivity index (χ0v) is 19.9. The molecule has 4 aromatic rings. The smallest absolute Gasteiger partial charge is 0.0356 e. The van der Waals surface area contributed by atoms with Crippen molar-refractivity contribution in [1.29, 1.82) is 0 Å². The minimum Gasteiger partial charge on any atom is -0.135 e. The predicted molar refractivity (Wildman–Crippen MR) is 130 cm³/mol. The number of hydrogen-bond acceptors (Lipinski definition) is 1. The highest BCUT2D eigenvalue weighted by molar-refractivity contribution is 9.10. The summed E-state index contributed by atoms with van der Waals surface area (Å²) in [5.74, 6) is 0. The van der Waals surface area contributed by atoms with Crippen LogP contribution in [-0.2, 0) is 10.8 Å². The maximum Gasteiger partial charge on any atom is 0.0356 e. The first-order chi connectivity index (χ1) is 13.0. The molecule has 144 valence electrons. The molecule has 0 unspecified atom stereocenters. The van der Waals surface area contributed by atoms with Gasteiger partial charge in [0.05, 0.1) is 0 Å². The van der Waals surface area contributed by atoms with E-state index >= 15 is 0 Å². The molecule has 0 saturated carbocycles. The van der Waals surface area contributed by atoms with Crippen LogP contribution in [-0.4, -0.2) is 0 Å². The second-order valence-corrected chi connectivity index (χ2v) is 11.8. The van der Waals surface area contributed by atoms with Crippen LogP contribution in [0.15, 0.2) is 59.1 Å². The Hall–Kier alpha value is -1.64. The highest BCUT2D eigenvalue weighted by Gasteiger charge is 2.21. The van der Waals surface area contributed by atoms with Crippen molar-refractivity contribution in [2.75, 3.05) is 0 Å². The van der Waals surface area contributed by atoms with E-state index in [1.807, 2.05) is 11.3 Å². The third kappa shape index (κ3) is 3.65.